The zero-order valence-corrected chi connectivity index (χ0v) is 25.0. The quantitative estimate of drug-likeness (QED) is 0.338. The zero-order chi connectivity index (χ0) is 29.9. The van der Waals surface area contributed by atoms with E-state index in [1.807, 2.05) is 81.4 Å². The third-order valence-electron chi connectivity index (χ3n) is 8.21. The minimum atomic E-state index is -1.22. The van der Waals surface area contributed by atoms with Gasteiger partial charge in [0.1, 0.15) is 24.4 Å². The van der Waals surface area contributed by atoms with E-state index in [9.17, 15) is 19.5 Å². The van der Waals surface area contributed by atoms with Crippen LogP contribution in [0.15, 0.2) is 60.7 Å². The summed E-state index contributed by atoms with van der Waals surface area (Å²) in [5.74, 6) is -1.99. The summed E-state index contributed by atoms with van der Waals surface area (Å²) in [5, 5.41) is 20.0. The molecule has 1 saturated heterocycles. The third-order valence-corrected chi connectivity index (χ3v) is 8.21. The third kappa shape index (κ3) is 8.88. The van der Waals surface area contributed by atoms with Crippen molar-refractivity contribution < 1.29 is 24.2 Å². The fourth-order valence-electron chi connectivity index (χ4n) is 5.33. The molecular formula is C33H47N3O5. The first-order chi connectivity index (χ1) is 19.7. The Balaban J connectivity index is 2.06. The average molecular weight is 566 g/mol. The van der Waals surface area contributed by atoms with Gasteiger partial charge < -0.3 is 20.5 Å². The number of hydrogen-bond donors (Lipinski definition) is 4. The van der Waals surface area contributed by atoms with Crippen molar-refractivity contribution in [3.05, 3.63) is 71.8 Å². The number of amides is 2. The molecule has 224 valence electrons. The van der Waals surface area contributed by atoms with Crippen LogP contribution in [0.1, 0.15) is 83.8 Å². The van der Waals surface area contributed by atoms with Gasteiger partial charge in [0, 0.05) is 5.92 Å². The molecular weight excluding hydrogens is 518 g/mol. The van der Waals surface area contributed by atoms with Gasteiger partial charge >= 0.3 is 5.97 Å². The van der Waals surface area contributed by atoms with E-state index in [0.29, 0.717) is 6.42 Å². The Bertz CT molecular complexity index is 1070. The fourth-order valence-corrected chi connectivity index (χ4v) is 5.33. The minimum Gasteiger partial charge on any atom is -0.460 e. The molecule has 8 nitrogen and oxygen atoms in total. The molecule has 1 heterocycles. The van der Waals surface area contributed by atoms with Crippen LogP contribution in [-0.2, 0) is 19.1 Å². The van der Waals surface area contributed by atoms with E-state index in [4.69, 9.17) is 4.74 Å². The highest BCUT2D eigenvalue weighted by atomic mass is 16.5. The molecule has 3 rings (SSSR count). The summed E-state index contributed by atoms with van der Waals surface area (Å²) in [5.41, 5.74) is 1.73. The monoisotopic (exact) mass is 565 g/mol. The molecule has 0 saturated carbocycles. The maximum atomic E-state index is 13.9. The van der Waals surface area contributed by atoms with Crippen molar-refractivity contribution >= 4 is 17.8 Å². The van der Waals surface area contributed by atoms with E-state index >= 15 is 0 Å². The Morgan fingerprint density at radius 1 is 0.878 bits per heavy atom. The highest BCUT2D eigenvalue weighted by molar-refractivity contribution is 5.89. The second kappa shape index (κ2) is 15.7. The Morgan fingerprint density at radius 3 is 2.00 bits per heavy atom. The summed E-state index contributed by atoms with van der Waals surface area (Å²) in [6.07, 6.45) is 1.44. The maximum Gasteiger partial charge on any atom is 0.323 e. The normalized spacial score (nSPS) is 26.0. The summed E-state index contributed by atoms with van der Waals surface area (Å²) in [4.78, 5) is 41.1. The largest absolute Gasteiger partial charge is 0.460 e. The van der Waals surface area contributed by atoms with Crippen LogP contribution >= 0.6 is 0 Å². The zero-order valence-electron chi connectivity index (χ0n) is 25.0. The number of ether oxygens (including phenoxy) is 1. The van der Waals surface area contributed by atoms with Crippen LogP contribution in [0.3, 0.4) is 0 Å². The van der Waals surface area contributed by atoms with Gasteiger partial charge in [-0.25, -0.2) is 0 Å². The summed E-state index contributed by atoms with van der Waals surface area (Å²) in [7, 11) is 0. The van der Waals surface area contributed by atoms with Gasteiger partial charge in [0.25, 0.3) is 0 Å². The smallest absolute Gasteiger partial charge is 0.323 e. The number of carbonyl (C=O) groups excluding carboxylic acids is 3. The van der Waals surface area contributed by atoms with Gasteiger partial charge in [0.05, 0.1) is 12.5 Å². The molecule has 4 N–H and O–H groups in total. The Labute approximate surface area is 244 Å². The van der Waals surface area contributed by atoms with E-state index in [1.165, 1.54) is 0 Å². The topological polar surface area (TPSA) is 117 Å². The lowest BCUT2D eigenvalue weighted by molar-refractivity contribution is -0.158. The van der Waals surface area contributed by atoms with Crippen LogP contribution in [0.2, 0.25) is 0 Å². The molecule has 2 aromatic carbocycles. The molecule has 1 fully saturated rings. The molecule has 0 bridgehead atoms. The van der Waals surface area contributed by atoms with E-state index in [-0.39, 0.29) is 24.2 Å². The second-order valence-electron chi connectivity index (χ2n) is 11.4. The van der Waals surface area contributed by atoms with E-state index in [0.717, 1.165) is 30.4 Å². The second-order valence-corrected chi connectivity index (χ2v) is 11.4. The first-order valence-electron chi connectivity index (χ1n) is 15.0. The van der Waals surface area contributed by atoms with E-state index in [1.54, 1.807) is 6.92 Å². The lowest BCUT2D eigenvalue weighted by Gasteiger charge is -2.31. The van der Waals surface area contributed by atoms with Gasteiger partial charge in [0.15, 0.2) is 0 Å². The number of carbonyl (C=O) groups is 3. The fraction of sp³-hybridized carbons (Fsp3) is 0.545. The highest BCUT2D eigenvalue weighted by Crippen LogP contribution is 2.29. The number of benzene rings is 2. The number of unbranched alkanes of at least 4 members (excludes halogenated alkanes) is 1. The standard InChI is InChI=1S/C33H47N3O5/c1-6-8-15-22(4)26-20-27(37)35-30(28(24-16-11-9-12-17-24)25-18-13-10-14-19-25)32(39)34-23(5)31(38)36-29(21(3)7-2)33(40)41-26/h9-14,16-19,21-23,26,28-31,36,38H,6-8,15,20H2,1-5H3,(H,34,39)(H,35,37)/t21-,22+,23+,26-,29+,30+,31?/m1/s1. The SMILES string of the molecule is CCCC[C@H](C)[C@H]1CC(=O)N[C@@H](C(c2ccccc2)c2ccccc2)C(=O)N[C@@H](C)C(O)N[C@@H]([C@H](C)CC)C(=O)O1. The summed E-state index contributed by atoms with van der Waals surface area (Å²) in [6.45, 7) is 9.63. The van der Waals surface area contributed by atoms with Gasteiger partial charge in [-0.1, -0.05) is 108 Å². The lowest BCUT2D eigenvalue weighted by Crippen LogP contribution is -2.58. The van der Waals surface area contributed by atoms with Crippen molar-refractivity contribution in [1.82, 2.24) is 16.0 Å². The van der Waals surface area contributed by atoms with Crippen molar-refractivity contribution in [2.75, 3.05) is 0 Å². The Kier molecular flexibility index (Phi) is 12.4. The molecule has 2 amide bonds. The van der Waals surface area contributed by atoms with E-state index in [2.05, 4.69) is 22.9 Å². The van der Waals surface area contributed by atoms with Crippen LogP contribution in [-0.4, -0.2) is 53.3 Å². The van der Waals surface area contributed by atoms with E-state index < -0.39 is 48.3 Å². The highest BCUT2D eigenvalue weighted by Gasteiger charge is 2.38. The molecule has 0 spiro atoms. The predicted molar refractivity (Wildman–Crippen MR) is 160 cm³/mol. The number of aliphatic hydroxyl groups is 1. The van der Waals surface area contributed by atoms with Gasteiger partial charge in [0.2, 0.25) is 11.8 Å². The van der Waals surface area contributed by atoms with Crippen LogP contribution < -0.4 is 16.0 Å². The Morgan fingerprint density at radius 2 is 1.46 bits per heavy atom. The van der Waals surface area contributed by atoms with Crippen molar-refractivity contribution in [1.29, 1.82) is 0 Å². The molecule has 41 heavy (non-hydrogen) atoms. The molecule has 8 heteroatoms. The molecule has 2 aromatic rings. The first-order valence-corrected chi connectivity index (χ1v) is 15.0. The molecule has 0 aliphatic carbocycles. The molecule has 1 unspecified atom stereocenters. The molecule has 7 atom stereocenters. The number of esters is 1. The summed E-state index contributed by atoms with van der Waals surface area (Å²) >= 11 is 0. The van der Waals surface area contributed by atoms with Crippen LogP contribution in [0.25, 0.3) is 0 Å². The van der Waals surface area contributed by atoms with Crippen LogP contribution in [0.4, 0.5) is 0 Å². The first kappa shape index (κ1) is 32.3. The number of nitrogens with one attached hydrogen (secondary N) is 3. The molecule has 1 aliphatic rings. The van der Waals surface area contributed by atoms with Gasteiger partial charge in [-0.05, 0) is 36.3 Å². The van der Waals surface area contributed by atoms with Crippen molar-refractivity contribution in [2.24, 2.45) is 11.8 Å². The number of rotatable bonds is 9. The van der Waals surface area contributed by atoms with Gasteiger partial charge in [-0.15, -0.1) is 0 Å². The minimum absolute atomic E-state index is 0.0671. The molecule has 0 radical (unpaired) electrons. The van der Waals surface area contributed by atoms with Gasteiger partial charge in [-0.2, -0.15) is 0 Å². The van der Waals surface area contributed by atoms with Crippen LogP contribution in [0.5, 0.6) is 0 Å². The van der Waals surface area contributed by atoms with Crippen molar-refractivity contribution in [3.8, 4) is 0 Å². The summed E-state index contributed by atoms with van der Waals surface area (Å²) in [6, 6.07) is 16.6. The number of aliphatic hydroxyl groups excluding tert-OH is 1. The Hall–Kier alpha value is -3.23. The maximum absolute atomic E-state index is 13.9. The van der Waals surface area contributed by atoms with Crippen LogP contribution in [0, 0.1) is 11.8 Å². The van der Waals surface area contributed by atoms with Crippen molar-refractivity contribution in [2.45, 2.75) is 103 Å². The van der Waals surface area contributed by atoms with Crippen molar-refractivity contribution in [3.63, 3.8) is 0 Å². The van der Waals surface area contributed by atoms with Gasteiger partial charge in [-0.3, -0.25) is 19.7 Å². The predicted octanol–water partition coefficient (Wildman–Crippen LogP) is 4.27. The average Bonchev–Trinajstić information content (AvgIpc) is 2.98. The summed E-state index contributed by atoms with van der Waals surface area (Å²) < 4.78 is 6.03. The molecule has 1 aliphatic heterocycles. The number of cyclic esters (lactones) is 1. The number of hydrogen-bond acceptors (Lipinski definition) is 6. The molecule has 0 aromatic heterocycles. The lowest BCUT2D eigenvalue weighted by atomic mass is 9.84.